The van der Waals surface area contributed by atoms with Crippen LogP contribution in [0.1, 0.15) is 67.3 Å². The number of H-pyrrole nitrogens is 1. The molecule has 0 radical (unpaired) electrons. The summed E-state index contributed by atoms with van der Waals surface area (Å²) in [4.78, 5) is 35.4. The number of ketones is 1. The third-order valence-electron chi connectivity index (χ3n) is 5.28. The van der Waals surface area contributed by atoms with Gasteiger partial charge in [0.1, 0.15) is 22.9 Å². The molecule has 0 aliphatic heterocycles. The Hall–Kier alpha value is -2.68. The van der Waals surface area contributed by atoms with E-state index >= 15 is 0 Å². The Morgan fingerprint density at radius 2 is 2.08 bits per heavy atom. The smallest absolute Gasteiger partial charge is 0.252 e. The number of hydrogen-bond acceptors (Lipinski definition) is 4. The molecule has 4 rings (SSSR count). The average molecular weight is 336 g/mol. The van der Waals surface area contributed by atoms with Gasteiger partial charge in [-0.15, -0.1) is 0 Å². The van der Waals surface area contributed by atoms with Crippen molar-refractivity contribution >= 4 is 22.7 Å². The van der Waals surface area contributed by atoms with Gasteiger partial charge < -0.3 is 10.7 Å². The number of nitrogens with one attached hydrogen (secondary N) is 1. The summed E-state index contributed by atoms with van der Waals surface area (Å²) in [5, 5.41) is 0.614. The van der Waals surface area contributed by atoms with Gasteiger partial charge in [0.15, 0.2) is 0 Å². The van der Waals surface area contributed by atoms with Crippen LogP contribution in [0, 0.1) is 17.8 Å². The van der Waals surface area contributed by atoms with Crippen LogP contribution in [0.3, 0.4) is 0 Å². The largest absolute Gasteiger partial charge is 0.365 e. The first-order valence-electron chi connectivity index (χ1n) is 8.68. The van der Waals surface area contributed by atoms with E-state index < -0.39 is 5.91 Å². The lowest BCUT2D eigenvalue weighted by Gasteiger charge is -2.14. The predicted octanol–water partition coefficient (Wildman–Crippen LogP) is 2.22. The number of rotatable bonds is 2. The van der Waals surface area contributed by atoms with Gasteiger partial charge in [-0.3, -0.25) is 9.59 Å². The number of nitrogens with zero attached hydrogens (tertiary/aromatic N) is 2. The zero-order valence-electron chi connectivity index (χ0n) is 14.2. The average Bonchev–Trinajstić information content (AvgIpc) is 3.22. The van der Waals surface area contributed by atoms with Crippen LogP contribution in [-0.4, -0.2) is 26.6 Å². The molecule has 2 heterocycles. The number of carbonyl (C=O) groups is 2. The van der Waals surface area contributed by atoms with Gasteiger partial charge in [0.25, 0.3) is 5.91 Å². The van der Waals surface area contributed by atoms with E-state index in [1.54, 1.807) is 6.20 Å². The Balaban J connectivity index is 1.71. The third kappa shape index (κ3) is 2.91. The fourth-order valence-electron chi connectivity index (χ4n) is 3.29. The van der Waals surface area contributed by atoms with Gasteiger partial charge in [0.2, 0.25) is 0 Å². The van der Waals surface area contributed by atoms with Crippen molar-refractivity contribution in [3.63, 3.8) is 0 Å². The zero-order chi connectivity index (χ0) is 17.6. The second-order valence-corrected chi connectivity index (χ2v) is 7.34. The van der Waals surface area contributed by atoms with Crippen LogP contribution in [-0.2, 0) is 10.2 Å². The van der Waals surface area contributed by atoms with Gasteiger partial charge in [0, 0.05) is 30.4 Å². The van der Waals surface area contributed by atoms with Crippen LogP contribution in [0.15, 0.2) is 6.20 Å². The van der Waals surface area contributed by atoms with Crippen molar-refractivity contribution in [2.45, 2.75) is 50.9 Å². The highest BCUT2D eigenvalue weighted by Gasteiger charge is 2.42. The summed E-state index contributed by atoms with van der Waals surface area (Å²) in [6.45, 7) is 2.14. The lowest BCUT2D eigenvalue weighted by Crippen LogP contribution is -2.13. The molecule has 128 valence electrons. The van der Waals surface area contributed by atoms with E-state index in [9.17, 15) is 9.59 Å². The van der Waals surface area contributed by atoms with E-state index in [1.165, 1.54) is 0 Å². The Labute approximate surface area is 145 Å². The maximum Gasteiger partial charge on any atom is 0.252 e. The second-order valence-electron chi connectivity index (χ2n) is 7.34. The SMILES string of the molecule is CC1(c2ncc3c(C(N)=O)c(C#CC4CCC(=O)CC4)[nH]c3n2)CC1. The molecule has 0 atom stereocenters. The Bertz CT molecular complexity index is 933. The van der Waals surface area contributed by atoms with Gasteiger partial charge >= 0.3 is 0 Å². The van der Waals surface area contributed by atoms with Crippen molar-refractivity contribution in [3.8, 4) is 11.8 Å². The lowest BCUT2D eigenvalue weighted by atomic mass is 9.89. The number of hydrogen-bond donors (Lipinski definition) is 2. The minimum Gasteiger partial charge on any atom is -0.365 e. The number of amides is 1. The molecule has 25 heavy (non-hydrogen) atoms. The standard InChI is InChI=1S/C19H20N4O2/c1-19(8-9-19)18-21-10-13-15(16(20)25)14(22-17(13)23-18)7-4-11-2-5-12(24)6-3-11/h10-11H,2-3,5-6,8-9H2,1H3,(H2,20,25)(H,21,22,23). The highest BCUT2D eigenvalue weighted by Crippen LogP contribution is 2.46. The maximum absolute atomic E-state index is 11.9. The van der Waals surface area contributed by atoms with E-state index in [2.05, 4.69) is 33.7 Å². The van der Waals surface area contributed by atoms with E-state index in [1.807, 2.05) is 0 Å². The van der Waals surface area contributed by atoms with Crippen molar-refractivity contribution in [1.82, 2.24) is 15.0 Å². The first-order valence-corrected chi connectivity index (χ1v) is 8.68. The van der Waals surface area contributed by atoms with Crippen LogP contribution in [0.25, 0.3) is 11.0 Å². The van der Waals surface area contributed by atoms with Crippen LogP contribution in [0.5, 0.6) is 0 Å². The van der Waals surface area contributed by atoms with Crippen molar-refractivity contribution < 1.29 is 9.59 Å². The summed E-state index contributed by atoms with van der Waals surface area (Å²) in [6.07, 6.45) is 6.55. The third-order valence-corrected chi connectivity index (χ3v) is 5.28. The van der Waals surface area contributed by atoms with Crippen LogP contribution < -0.4 is 5.73 Å². The number of aromatic nitrogens is 3. The van der Waals surface area contributed by atoms with Crippen LogP contribution in [0.2, 0.25) is 0 Å². The first-order chi connectivity index (χ1) is 12.0. The molecule has 0 aromatic carbocycles. The summed E-state index contributed by atoms with van der Waals surface area (Å²) >= 11 is 0. The highest BCUT2D eigenvalue weighted by atomic mass is 16.1. The molecule has 3 N–H and O–H groups in total. The molecular weight excluding hydrogens is 316 g/mol. The number of aromatic amines is 1. The Morgan fingerprint density at radius 1 is 1.36 bits per heavy atom. The molecule has 2 aromatic rings. The molecule has 0 unspecified atom stereocenters. The van der Waals surface area contributed by atoms with Gasteiger partial charge in [-0.2, -0.15) is 0 Å². The fraction of sp³-hybridized carbons (Fsp3) is 0.474. The number of fused-ring (bicyclic) bond motifs is 1. The summed E-state index contributed by atoms with van der Waals surface area (Å²) in [5.74, 6) is 6.98. The van der Waals surface area contributed by atoms with E-state index in [0.717, 1.165) is 31.5 Å². The van der Waals surface area contributed by atoms with Gasteiger partial charge in [-0.1, -0.05) is 12.8 Å². The van der Waals surface area contributed by atoms with E-state index in [0.29, 0.717) is 40.9 Å². The highest BCUT2D eigenvalue weighted by molar-refractivity contribution is 6.07. The van der Waals surface area contributed by atoms with Gasteiger partial charge in [-0.05, 0) is 31.6 Å². The molecule has 0 saturated heterocycles. The first kappa shape index (κ1) is 15.8. The molecule has 6 heteroatoms. The summed E-state index contributed by atoms with van der Waals surface area (Å²) in [6, 6.07) is 0. The fourth-order valence-corrected chi connectivity index (χ4v) is 3.29. The molecular formula is C19H20N4O2. The number of nitrogens with two attached hydrogens (primary N) is 1. The van der Waals surface area contributed by atoms with Gasteiger partial charge in [-0.25, -0.2) is 9.97 Å². The summed E-state index contributed by atoms with van der Waals surface area (Å²) in [5.41, 5.74) is 7.06. The van der Waals surface area contributed by atoms with Gasteiger partial charge in [0.05, 0.1) is 10.9 Å². The predicted molar refractivity (Wildman–Crippen MR) is 92.8 cm³/mol. The molecule has 2 aliphatic rings. The number of primary amides is 1. The minimum atomic E-state index is -0.539. The van der Waals surface area contributed by atoms with E-state index in [-0.39, 0.29) is 11.3 Å². The topological polar surface area (TPSA) is 102 Å². The molecule has 1 amide bonds. The normalized spacial score (nSPS) is 19.5. The molecule has 2 aliphatic carbocycles. The van der Waals surface area contributed by atoms with Crippen molar-refractivity contribution in [2.24, 2.45) is 11.7 Å². The van der Waals surface area contributed by atoms with Crippen molar-refractivity contribution in [1.29, 1.82) is 0 Å². The van der Waals surface area contributed by atoms with Crippen LogP contribution >= 0.6 is 0 Å². The summed E-state index contributed by atoms with van der Waals surface area (Å²) < 4.78 is 0. The number of Topliss-reactive ketones (excluding diaryl/α,β-unsaturated/α-hetero) is 1. The minimum absolute atomic E-state index is 0.0483. The van der Waals surface area contributed by atoms with E-state index in [4.69, 9.17) is 5.73 Å². The zero-order valence-corrected chi connectivity index (χ0v) is 14.2. The lowest BCUT2D eigenvalue weighted by molar-refractivity contribution is -0.120. The maximum atomic E-state index is 11.9. The second kappa shape index (κ2) is 5.69. The van der Waals surface area contributed by atoms with Crippen LogP contribution in [0.4, 0.5) is 0 Å². The Kier molecular flexibility index (Phi) is 3.60. The number of carbonyl (C=O) groups excluding carboxylic acids is 2. The monoisotopic (exact) mass is 336 g/mol. The van der Waals surface area contributed by atoms with Crippen molar-refractivity contribution in [2.75, 3.05) is 0 Å². The molecule has 6 nitrogen and oxygen atoms in total. The van der Waals surface area contributed by atoms with Crippen molar-refractivity contribution in [3.05, 3.63) is 23.3 Å². The Morgan fingerprint density at radius 3 is 2.72 bits per heavy atom. The molecule has 0 bridgehead atoms. The molecule has 2 fully saturated rings. The summed E-state index contributed by atoms with van der Waals surface area (Å²) in [7, 11) is 0. The quantitative estimate of drug-likeness (QED) is 0.821. The molecule has 2 saturated carbocycles. The molecule has 0 spiro atoms. The molecule has 2 aromatic heterocycles.